The van der Waals surface area contributed by atoms with Crippen molar-refractivity contribution in [1.29, 1.82) is 0 Å². The van der Waals surface area contributed by atoms with Gasteiger partial charge in [0, 0.05) is 35.3 Å². The molecule has 0 saturated heterocycles. The molecule has 1 aromatic heterocycles. The first-order valence-corrected chi connectivity index (χ1v) is 13.9. The van der Waals surface area contributed by atoms with E-state index in [0.717, 1.165) is 21.9 Å². The van der Waals surface area contributed by atoms with E-state index in [2.05, 4.69) is 9.72 Å². The Balaban J connectivity index is 1.79. The molecule has 4 aromatic carbocycles. The molecule has 5 nitrogen and oxygen atoms in total. The number of aromatic nitrogens is 1. The van der Waals surface area contributed by atoms with E-state index in [4.69, 9.17) is 4.74 Å². The maximum Gasteiger partial charge on any atom is 0.573 e. The van der Waals surface area contributed by atoms with Crippen LogP contribution in [0.15, 0.2) is 109 Å². The summed E-state index contributed by atoms with van der Waals surface area (Å²) in [4.78, 5) is 6.55. The number of pyridine rings is 1. The molecular formula is C35H33F3N2O3. The molecule has 5 aromatic rings. The summed E-state index contributed by atoms with van der Waals surface area (Å²) in [5.41, 5.74) is 1.18. The normalized spacial score (nSPS) is 14.0. The van der Waals surface area contributed by atoms with Gasteiger partial charge < -0.3 is 19.5 Å². The number of halogens is 3. The van der Waals surface area contributed by atoms with Crippen LogP contribution in [0.5, 0.6) is 11.6 Å². The summed E-state index contributed by atoms with van der Waals surface area (Å²) < 4.78 is 50.0. The molecule has 43 heavy (non-hydrogen) atoms. The van der Waals surface area contributed by atoms with Gasteiger partial charge in [-0.25, -0.2) is 4.98 Å². The second-order valence-corrected chi connectivity index (χ2v) is 10.7. The lowest BCUT2D eigenvalue weighted by atomic mass is 9.70. The van der Waals surface area contributed by atoms with Crippen molar-refractivity contribution in [3.63, 3.8) is 0 Å². The number of aliphatic hydroxyl groups is 1. The molecule has 222 valence electrons. The van der Waals surface area contributed by atoms with E-state index in [-0.39, 0.29) is 17.2 Å². The van der Waals surface area contributed by atoms with Gasteiger partial charge in [0.1, 0.15) is 11.4 Å². The van der Waals surface area contributed by atoms with Crippen molar-refractivity contribution in [2.24, 2.45) is 0 Å². The third-order valence-electron chi connectivity index (χ3n) is 7.61. The van der Waals surface area contributed by atoms with E-state index in [1.807, 2.05) is 91.8 Å². The Morgan fingerprint density at radius 1 is 0.860 bits per heavy atom. The van der Waals surface area contributed by atoms with Gasteiger partial charge in [0.15, 0.2) is 0 Å². The minimum absolute atomic E-state index is 0.213. The van der Waals surface area contributed by atoms with Crippen LogP contribution in [-0.4, -0.2) is 49.1 Å². The number of rotatable bonds is 10. The molecule has 0 spiro atoms. The SMILES string of the molecule is COc1ncc(-c2ccccc2OC(F)(F)F)cc1C(c1ccccc1)C(O)(CCN(C)C)c1cccc2ccccc12. The van der Waals surface area contributed by atoms with E-state index in [9.17, 15) is 18.3 Å². The highest BCUT2D eigenvalue weighted by Crippen LogP contribution is 2.49. The maximum atomic E-state index is 13.3. The summed E-state index contributed by atoms with van der Waals surface area (Å²) in [5.74, 6) is -0.797. The first-order valence-electron chi connectivity index (χ1n) is 13.9. The summed E-state index contributed by atoms with van der Waals surface area (Å²) in [6.45, 7) is 0.556. The average Bonchev–Trinajstić information content (AvgIpc) is 3.00. The lowest BCUT2D eigenvalue weighted by Crippen LogP contribution is -2.38. The molecule has 2 unspecified atom stereocenters. The average molecular weight is 587 g/mol. The highest BCUT2D eigenvalue weighted by molar-refractivity contribution is 5.87. The maximum absolute atomic E-state index is 13.3. The summed E-state index contributed by atoms with van der Waals surface area (Å²) >= 11 is 0. The Hall–Kier alpha value is -4.40. The zero-order chi connectivity index (χ0) is 30.6. The van der Waals surface area contributed by atoms with Crippen molar-refractivity contribution in [3.8, 4) is 22.8 Å². The van der Waals surface area contributed by atoms with E-state index in [0.29, 0.717) is 24.1 Å². The Morgan fingerprint density at radius 3 is 2.26 bits per heavy atom. The van der Waals surface area contributed by atoms with Crippen LogP contribution in [-0.2, 0) is 5.60 Å². The van der Waals surface area contributed by atoms with Gasteiger partial charge in [-0.15, -0.1) is 13.2 Å². The minimum Gasteiger partial charge on any atom is -0.481 e. The van der Waals surface area contributed by atoms with Crippen LogP contribution in [0.2, 0.25) is 0 Å². The fourth-order valence-electron chi connectivity index (χ4n) is 5.70. The molecule has 0 bridgehead atoms. The van der Waals surface area contributed by atoms with Crippen molar-refractivity contribution >= 4 is 10.8 Å². The quantitative estimate of drug-likeness (QED) is 0.181. The number of hydrogen-bond donors (Lipinski definition) is 1. The molecule has 1 heterocycles. The van der Waals surface area contributed by atoms with Gasteiger partial charge >= 0.3 is 6.36 Å². The highest BCUT2D eigenvalue weighted by atomic mass is 19.4. The zero-order valence-corrected chi connectivity index (χ0v) is 24.2. The number of fused-ring (bicyclic) bond motifs is 1. The molecule has 0 amide bonds. The Labute approximate surface area is 249 Å². The molecule has 0 aliphatic rings. The number of nitrogens with zero attached hydrogens (tertiary/aromatic N) is 2. The number of methoxy groups -OCH3 is 1. The van der Waals surface area contributed by atoms with Gasteiger partial charge in [0.25, 0.3) is 0 Å². The van der Waals surface area contributed by atoms with Gasteiger partial charge in [-0.2, -0.15) is 0 Å². The number of benzene rings is 4. The Morgan fingerprint density at radius 2 is 1.53 bits per heavy atom. The van der Waals surface area contributed by atoms with Crippen molar-refractivity contribution in [2.45, 2.75) is 24.3 Å². The molecule has 5 rings (SSSR count). The number of para-hydroxylation sites is 1. The van der Waals surface area contributed by atoms with E-state index < -0.39 is 17.9 Å². The van der Waals surface area contributed by atoms with Crippen LogP contribution in [0.25, 0.3) is 21.9 Å². The molecule has 8 heteroatoms. The molecule has 2 atom stereocenters. The predicted octanol–water partition coefficient (Wildman–Crippen LogP) is 7.78. The summed E-state index contributed by atoms with van der Waals surface area (Å²) in [5, 5.41) is 15.0. The van der Waals surface area contributed by atoms with Crippen LogP contribution >= 0.6 is 0 Å². The van der Waals surface area contributed by atoms with E-state index >= 15 is 0 Å². The highest BCUT2D eigenvalue weighted by Gasteiger charge is 2.43. The molecule has 1 N–H and O–H groups in total. The van der Waals surface area contributed by atoms with Crippen molar-refractivity contribution in [3.05, 3.63) is 126 Å². The molecule has 0 saturated carbocycles. The molecule has 0 aliphatic heterocycles. The van der Waals surface area contributed by atoms with Gasteiger partial charge in [0.05, 0.1) is 7.11 Å². The lowest BCUT2D eigenvalue weighted by molar-refractivity contribution is -0.274. The predicted molar refractivity (Wildman–Crippen MR) is 162 cm³/mol. The van der Waals surface area contributed by atoms with Gasteiger partial charge in [0.2, 0.25) is 5.88 Å². The number of alkyl halides is 3. The fourth-order valence-corrected chi connectivity index (χ4v) is 5.70. The molecule has 0 aliphatic carbocycles. The summed E-state index contributed by atoms with van der Waals surface area (Å²) in [7, 11) is 5.38. The fraction of sp³-hybridized carbons (Fsp3) is 0.229. The van der Waals surface area contributed by atoms with E-state index in [1.165, 1.54) is 25.4 Å². The first kappa shape index (κ1) is 30.1. The Bertz CT molecular complexity index is 1690. The van der Waals surface area contributed by atoms with Crippen LogP contribution < -0.4 is 9.47 Å². The van der Waals surface area contributed by atoms with Crippen LogP contribution in [0.4, 0.5) is 13.2 Å². The molecule has 0 radical (unpaired) electrons. The standard InChI is InChI=1S/C35H33F3N2O3/c1-40(2)21-20-34(41,30-18-11-15-24-12-7-8-16-27(24)30)32(25-13-5-4-6-14-25)29-22-26(23-39-33(29)42-3)28-17-9-10-19-31(28)43-35(36,37)38/h4-19,22-23,32,41H,20-21H2,1-3H3. The molecule has 0 fully saturated rings. The molecular weight excluding hydrogens is 553 g/mol. The number of hydrogen-bond acceptors (Lipinski definition) is 5. The van der Waals surface area contributed by atoms with Crippen molar-refractivity contribution in [2.75, 3.05) is 27.7 Å². The Kier molecular flexibility index (Phi) is 8.71. The second-order valence-electron chi connectivity index (χ2n) is 10.7. The number of ether oxygens (including phenoxy) is 2. The van der Waals surface area contributed by atoms with Gasteiger partial charge in [-0.3, -0.25) is 0 Å². The van der Waals surface area contributed by atoms with Crippen LogP contribution in [0.1, 0.15) is 29.0 Å². The zero-order valence-electron chi connectivity index (χ0n) is 24.2. The first-order chi connectivity index (χ1) is 20.6. The van der Waals surface area contributed by atoms with Crippen molar-refractivity contribution in [1.82, 2.24) is 9.88 Å². The van der Waals surface area contributed by atoms with E-state index in [1.54, 1.807) is 18.2 Å². The second kappa shape index (κ2) is 12.5. The largest absolute Gasteiger partial charge is 0.573 e. The monoisotopic (exact) mass is 586 g/mol. The van der Waals surface area contributed by atoms with Gasteiger partial charge in [-0.05, 0) is 54.5 Å². The van der Waals surface area contributed by atoms with Crippen molar-refractivity contribution < 1.29 is 27.8 Å². The smallest absolute Gasteiger partial charge is 0.481 e. The lowest BCUT2D eigenvalue weighted by Gasteiger charge is -2.39. The van der Waals surface area contributed by atoms with Gasteiger partial charge in [-0.1, -0.05) is 91.0 Å². The third kappa shape index (κ3) is 6.50. The van der Waals surface area contributed by atoms with Crippen LogP contribution in [0, 0.1) is 0 Å². The minimum atomic E-state index is -4.87. The van der Waals surface area contributed by atoms with Crippen LogP contribution in [0.3, 0.4) is 0 Å². The topological polar surface area (TPSA) is 54.8 Å². The third-order valence-corrected chi connectivity index (χ3v) is 7.61. The summed E-state index contributed by atoms with van der Waals surface area (Å²) in [6.07, 6.45) is -3.07. The summed E-state index contributed by atoms with van der Waals surface area (Å²) in [6, 6.07) is 31.0.